The van der Waals surface area contributed by atoms with Gasteiger partial charge < -0.3 is 10.1 Å². The number of thiocarbonyl (C=S) groups is 1. The molecule has 2 aromatic carbocycles. The summed E-state index contributed by atoms with van der Waals surface area (Å²) in [7, 11) is 0. The molecule has 3 nitrogen and oxygen atoms in total. The minimum atomic E-state index is -0.139. The van der Waals surface area contributed by atoms with E-state index in [4.69, 9.17) is 17.0 Å². The highest BCUT2D eigenvalue weighted by molar-refractivity contribution is 8.26. The van der Waals surface area contributed by atoms with E-state index in [1.165, 1.54) is 22.9 Å². The standard InChI is InChI=1S/C18H15NO2S2/c1-12-4-2-3-5-14(12)11-21-15-8-6-13(7-9-15)10-16-17(20)19-18(22)23-16/h2-10H,11H2,1H3,(H,19,20,22). The van der Waals surface area contributed by atoms with Gasteiger partial charge in [0.25, 0.3) is 5.91 Å². The van der Waals surface area contributed by atoms with Gasteiger partial charge in [-0.15, -0.1) is 0 Å². The van der Waals surface area contributed by atoms with Crippen LogP contribution in [0.3, 0.4) is 0 Å². The zero-order chi connectivity index (χ0) is 16.2. The molecule has 1 saturated heterocycles. The van der Waals surface area contributed by atoms with Gasteiger partial charge >= 0.3 is 0 Å². The van der Waals surface area contributed by atoms with E-state index in [1.54, 1.807) is 0 Å². The fourth-order valence-corrected chi connectivity index (χ4v) is 3.21. The monoisotopic (exact) mass is 341 g/mol. The molecule has 3 rings (SSSR count). The Hall–Kier alpha value is -2.11. The summed E-state index contributed by atoms with van der Waals surface area (Å²) in [6.45, 7) is 2.61. The molecule has 1 aliphatic rings. The van der Waals surface area contributed by atoms with Crippen LogP contribution >= 0.6 is 24.0 Å². The van der Waals surface area contributed by atoms with Crippen molar-refractivity contribution < 1.29 is 9.53 Å². The molecule has 0 spiro atoms. The predicted octanol–water partition coefficient (Wildman–Crippen LogP) is 4.06. The van der Waals surface area contributed by atoms with Crippen LogP contribution in [0.5, 0.6) is 5.75 Å². The average molecular weight is 341 g/mol. The molecule has 1 heterocycles. The molecule has 23 heavy (non-hydrogen) atoms. The van der Waals surface area contributed by atoms with Crippen molar-refractivity contribution in [2.45, 2.75) is 13.5 Å². The maximum atomic E-state index is 11.6. The molecule has 0 bridgehead atoms. The Morgan fingerprint density at radius 3 is 2.57 bits per heavy atom. The van der Waals surface area contributed by atoms with Crippen molar-refractivity contribution in [3.05, 3.63) is 70.1 Å². The Morgan fingerprint density at radius 1 is 1.17 bits per heavy atom. The minimum absolute atomic E-state index is 0.139. The number of amides is 1. The maximum Gasteiger partial charge on any atom is 0.263 e. The third-order valence-electron chi connectivity index (χ3n) is 3.48. The van der Waals surface area contributed by atoms with Crippen LogP contribution in [0.25, 0.3) is 6.08 Å². The summed E-state index contributed by atoms with van der Waals surface area (Å²) in [6, 6.07) is 15.8. The molecule has 1 amide bonds. The van der Waals surface area contributed by atoms with Crippen LogP contribution in [-0.4, -0.2) is 10.2 Å². The number of ether oxygens (including phenoxy) is 1. The van der Waals surface area contributed by atoms with Crippen LogP contribution in [0.15, 0.2) is 53.4 Å². The molecule has 0 saturated carbocycles. The van der Waals surface area contributed by atoms with Gasteiger partial charge in [-0.3, -0.25) is 4.79 Å². The summed E-state index contributed by atoms with van der Waals surface area (Å²) in [4.78, 5) is 12.2. The maximum absolute atomic E-state index is 11.6. The Morgan fingerprint density at radius 2 is 1.91 bits per heavy atom. The van der Waals surface area contributed by atoms with Crippen molar-refractivity contribution in [3.8, 4) is 5.75 Å². The molecular formula is C18H15NO2S2. The van der Waals surface area contributed by atoms with Crippen molar-refractivity contribution in [3.63, 3.8) is 0 Å². The van der Waals surface area contributed by atoms with Crippen LogP contribution in [0, 0.1) is 6.92 Å². The summed E-state index contributed by atoms with van der Waals surface area (Å²) < 4.78 is 6.31. The van der Waals surface area contributed by atoms with Gasteiger partial charge in [0.15, 0.2) is 0 Å². The second-order valence-corrected chi connectivity index (χ2v) is 6.86. The molecule has 1 aliphatic heterocycles. The molecule has 116 valence electrons. The van der Waals surface area contributed by atoms with Gasteiger partial charge in [-0.2, -0.15) is 0 Å². The first kappa shape index (κ1) is 15.8. The number of aryl methyl sites for hydroxylation is 1. The molecule has 0 aliphatic carbocycles. The number of nitrogens with one attached hydrogen (secondary N) is 1. The number of rotatable bonds is 4. The average Bonchev–Trinajstić information content (AvgIpc) is 2.85. The van der Waals surface area contributed by atoms with E-state index >= 15 is 0 Å². The van der Waals surface area contributed by atoms with Crippen molar-refractivity contribution in [1.82, 2.24) is 5.32 Å². The van der Waals surface area contributed by atoms with Crippen molar-refractivity contribution in [2.75, 3.05) is 0 Å². The molecular weight excluding hydrogens is 326 g/mol. The van der Waals surface area contributed by atoms with Gasteiger partial charge in [-0.25, -0.2) is 0 Å². The van der Waals surface area contributed by atoms with Gasteiger partial charge in [0.1, 0.15) is 16.7 Å². The zero-order valence-electron chi connectivity index (χ0n) is 12.5. The topological polar surface area (TPSA) is 38.3 Å². The van der Waals surface area contributed by atoms with Gasteiger partial charge in [0.05, 0.1) is 4.91 Å². The molecule has 1 fully saturated rings. The Balaban J connectivity index is 1.66. The first-order valence-electron chi connectivity index (χ1n) is 7.14. The lowest BCUT2D eigenvalue weighted by Gasteiger charge is -2.08. The number of thioether (sulfide) groups is 1. The third-order valence-corrected chi connectivity index (χ3v) is 4.64. The van der Waals surface area contributed by atoms with E-state index in [9.17, 15) is 4.79 Å². The van der Waals surface area contributed by atoms with Crippen LogP contribution < -0.4 is 10.1 Å². The Bertz CT molecular complexity index is 782. The smallest absolute Gasteiger partial charge is 0.263 e. The number of benzene rings is 2. The molecule has 1 N–H and O–H groups in total. The predicted molar refractivity (Wildman–Crippen MR) is 98.3 cm³/mol. The normalized spacial score (nSPS) is 15.8. The van der Waals surface area contributed by atoms with Crippen LogP contribution in [-0.2, 0) is 11.4 Å². The molecule has 2 aromatic rings. The lowest BCUT2D eigenvalue weighted by Crippen LogP contribution is -2.17. The number of hydrogen-bond donors (Lipinski definition) is 1. The molecule has 0 atom stereocenters. The van der Waals surface area contributed by atoms with E-state index in [-0.39, 0.29) is 5.91 Å². The van der Waals surface area contributed by atoms with E-state index < -0.39 is 0 Å². The minimum Gasteiger partial charge on any atom is -0.489 e. The van der Waals surface area contributed by atoms with Gasteiger partial charge in [0, 0.05) is 0 Å². The van der Waals surface area contributed by atoms with Crippen molar-refractivity contribution >= 4 is 40.3 Å². The second-order valence-electron chi connectivity index (χ2n) is 5.14. The second kappa shape index (κ2) is 6.98. The summed E-state index contributed by atoms with van der Waals surface area (Å²) in [5.74, 6) is 0.661. The van der Waals surface area contributed by atoms with Crippen LogP contribution in [0.4, 0.5) is 0 Å². The summed E-state index contributed by atoms with van der Waals surface area (Å²) in [5, 5.41) is 2.60. The Kier molecular flexibility index (Phi) is 4.79. The Labute approximate surface area is 144 Å². The summed E-state index contributed by atoms with van der Waals surface area (Å²) in [6.07, 6.45) is 1.82. The first-order chi connectivity index (χ1) is 11.1. The van der Waals surface area contributed by atoms with Crippen molar-refractivity contribution in [1.29, 1.82) is 0 Å². The van der Waals surface area contributed by atoms with Gasteiger partial charge in [-0.05, 0) is 41.8 Å². The molecule has 0 radical (unpaired) electrons. The number of hydrogen-bond acceptors (Lipinski definition) is 4. The quantitative estimate of drug-likeness (QED) is 0.672. The van der Waals surface area contributed by atoms with E-state index in [0.29, 0.717) is 15.8 Å². The van der Waals surface area contributed by atoms with E-state index in [2.05, 4.69) is 24.4 Å². The molecule has 5 heteroatoms. The molecule has 0 aromatic heterocycles. The summed E-state index contributed by atoms with van der Waals surface area (Å²) >= 11 is 6.25. The fraction of sp³-hybridized carbons (Fsp3) is 0.111. The van der Waals surface area contributed by atoms with Crippen LogP contribution in [0.1, 0.15) is 16.7 Å². The lowest BCUT2D eigenvalue weighted by molar-refractivity contribution is -0.115. The van der Waals surface area contributed by atoms with E-state index in [1.807, 2.05) is 42.5 Å². The SMILES string of the molecule is Cc1ccccc1COc1ccc(C=C2SC(=S)NC2=O)cc1. The lowest BCUT2D eigenvalue weighted by atomic mass is 10.1. The van der Waals surface area contributed by atoms with E-state index in [0.717, 1.165) is 11.3 Å². The first-order valence-corrected chi connectivity index (χ1v) is 8.36. The fourth-order valence-electron chi connectivity index (χ4n) is 2.17. The highest BCUT2D eigenvalue weighted by Crippen LogP contribution is 2.26. The number of carbonyl (C=O) groups is 1. The van der Waals surface area contributed by atoms with Crippen molar-refractivity contribution in [2.24, 2.45) is 0 Å². The largest absolute Gasteiger partial charge is 0.489 e. The number of carbonyl (C=O) groups excluding carboxylic acids is 1. The highest BCUT2D eigenvalue weighted by atomic mass is 32.2. The highest BCUT2D eigenvalue weighted by Gasteiger charge is 2.21. The van der Waals surface area contributed by atoms with Gasteiger partial charge in [-0.1, -0.05) is 60.4 Å². The zero-order valence-corrected chi connectivity index (χ0v) is 14.2. The summed E-state index contributed by atoms with van der Waals surface area (Å²) in [5.41, 5.74) is 3.33. The third kappa shape index (κ3) is 4.00. The molecule has 0 unspecified atom stereocenters. The van der Waals surface area contributed by atoms with Crippen LogP contribution in [0.2, 0.25) is 0 Å². The van der Waals surface area contributed by atoms with Gasteiger partial charge in [0.2, 0.25) is 0 Å².